The minimum atomic E-state index is -0.916. The minimum absolute atomic E-state index is 0.0128. The van der Waals surface area contributed by atoms with Crippen LogP contribution in [0.3, 0.4) is 0 Å². The molecule has 0 rings (SSSR count). The predicted molar refractivity (Wildman–Crippen MR) is 65.3 cm³/mol. The number of aliphatic hydroxyl groups excluding tert-OH is 3. The highest BCUT2D eigenvalue weighted by atomic mass is 33.1. The molecule has 2 unspecified atom stereocenters. The van der Waals surface area contributed by atoms with Gasteiger partial charge in [0.2, 0.25) is 0 Å². The van der Waals surface area contributed by atoms with Gasteiger partial charge in [-0.1, -0.05) is 10.8 Å². The molecular weight excluding hydrogens is 252 g/mol. The number of aliphatic hydroxyl groups is 3. The molecule has 16 heavy (non-hydrogen) atoms. The number of carbonyl (C=O) groups is 1. The predicted octanol–water partition coefficient (Wildman–Crippen LogP) is 0.0351. The third-order valence-corrected chi connectivity index (χ3v) is 3.30. The Hall–Kier alpha value is 0.210. The molecule has 0 saturated heterocycles. The molecule has 2 atom stereocenters. The number of carbonyl (C=O) groups excluding carboxylic acids is 1. The van der Waals surface area contributed by atoms with E-state index in [4.69, 9.17) is 14.9 Å². The summed E-state index contributed by atoms with van der Waals surface area (Å²) in [6.45, 7) is -0.311. The van der Waals surface area contributed by atoms with E-state index >= 15 is 0 Å². The molecule has 0 aliphatic carbocycles. The minimum Gasteiger partial charge on any atom is -0.394 e. The number of ether oxygens (including phenoxy) is 1. The van der Waals surface area contributed by atoms with Crippen molar-refractivity contribution in [2.45, 2.75) is 25.0 Å². The quantitative estimate of drug-likeness (QED) is 0.510. The maximum absolute atomic E-state index is 11.1. The van der Waals surface area contributed by atoms with E-state index in [1.807, 2.05) is 6.26 Å². The highest BCUT2D eigenvalue weighted by Gasteiger charge is 2.10. The van der Waals surface area contributed by atoms with Crippen molar-refractivity contribution in [2.24, 2.45) is 0 Å². The van der Waals surface area contributed by atoms with Gasteiger partial charge in [0.1, 0.15) is 6.10 Å². The van der Waals surface area contributed by atoms with Crippen molar-refractivity contribution in [2.75, 3.05) is 26.1 Å². The fourth-order valence-electron chi connectivity index (χ4n) is 0.895. The van der Waals surface area contributed by atoms with Gasteiger partial charge in [-0.3, -0.25) is 4.79 Å². The van der Waals surface area contributed by atoms with Crippen molar-refractivity contribution in [1.82, 2.24) is 0 Å². The first-order valence-electron chi connectivity index (χ1n) is 4.88. The summed E-state index contributed by atoms with van der Waals surface area (Å²) in [6, 6.07) is 0. The van der Waals surface area contributed by atoms with Crippen molar-refractivity contribution < 1.29 is 24.9 Å². The van der Waals surface area contributed by atoms with Gasteiger partial charge in [0, 0.05) is 6.42 Å². The lowest BCUT2D eigenvalue weighted by atomic mass is 10.2. The molecule has 0 fully saturated rings. The van der Waals surface area contributed by atoms with Crippen LogP contribution in [-0.2, 0) is 9.53 Å². The topological polar surface area (TPSA) is 87.0 Å². The highest BCUT2D eigenvalue weighted by Crippen LogP contribution is 2.20. The van der Waals surface area contributed by atoms with Gasteiger partial charge in [0.15, 0.2) is 5.12 Å². The smallest absolute Gasteiger partial charge is 0.199 e. The van der Waals surface area contributed by atoms with E-state index < -0.39 is 12.2 Å². The van der Waals surface area contributed by atoms with E-state index in [0.29, 0.717) is 12.8 Å². The van der Waals surface area contributed by atoms with Gasteiger partial charge in [-0.25, -0.2) is 0 Å². The van der Waals surface area contributed by atoms with Crippen molar-refractivity contribution in [3.8, 4) is 0 Å². The molecule has 3 N–H and O–H groups in total. The summed E-state index contributed by atoms with van der Waals surface area (Å²) in [5.74, 6) is 0. The Kier molecular flexibility index (Phi) is 10.5. The number of hydrogen-bond acceptors (Lipinski definition) is 7. The third kappa shape index (κ3) is 9.44. The average Bonchev–Trinajstić information content (AvgIpc) is 2.26. The molecule has 0 aromatic carbocycles. The maximum Gasteiger partial charge on any atom is 0.199 e. The Morgan fingerprint density at radius 3 is 2.50 bits per heavy atom. The van der Waals surface area contributed by atoms with Crippen LogP contribution in [0, 0.1) is 0 Å². The molecule has 0 spiro atoms. The first-order valence-corrected chi connectivity index (χ1v) is 7.44. The van der Waals surface area contributed by atoms with Crippen LogP contribution in [0.2, 0.25) is 0 Å². The van der Waals surface area contributed by atoms with Crippen LogP contribution in [0.1, 0.15) is 12.8 Å². The van der Waals surface area contributed by atoms with Crippen LogP contribution in [-0.4, -0.2) is 58.7 Å². The Balaban J connectivity index is 3.44. The van der Waals surface area contributed by atoms with E-state index in [0.717, 1.165) is 10.8 Å². The van der Waals surface area contributed by atoms with Gasteiger partial charge in [0.25, 0.3) is 0 Å². The van der Waals surface area contributed by atoms with Crippen LogP contribution >= 0.6 is 21.6 Å². The lowest BCUT2D eigenvalue weighted by Gasteiger charge is -2.12. The van der Waals surface area contributed by atoms with Crippen LogP contribution in [0.4, 0.5) is 0 Å². The summed E-state index contributed by atoms with van der Waals surface area (Å²) in [5.41, 5.74) is 0. The standard InChI is InChI=1S/C9H18O5S2/c1-15-16-9(13)3-2-7(11)5-14-6-8(12)4-10/h7-8,10-12H,2-6H2,1H3. The fraction of sp³-hybridized carbons (Fsp3) is 0.889. The van der Waals surface area contributed by atoms with Crippen LogP contribution in [0.5, 0.6) is 0 Å². The first-order chi connectivity index (χ1) is 7.60. The first kappa shape index (κ1) is 16.2. The fourth-order valence-corrected chi connectivity index (χ4v) is 2.09. The summed E-state index contributed by atoms with van der Waals surface area (Å²) >= 11 is 0. The Morgan fingerprint density at radius 2 is 1.94 bits per heavy atom. The van der Waals surface area contributed by atoms with Crippen LogP contribution in [0.25, 0.3) is 0 Å². The Bertz CT molecular complexity index is 191. The lowest BCUT2D eigenvalue weighted by Crippen LogP contribution is -2.24. The molecule has 7 heteroatoms. The SMILES string of the molecule is CSSC(=O)CCC(O)COCC(O)CO. The van der Waals surface area contributed by atoms with Crippen molar-refractivity contribution in [1.29, 1.82) is 0 Å². The molecule has 0 saturated carbocycles. The van der Waals surface area contributed by atoms with Gasteiger partial charge in [-0.2, -0.15) is 0 Å². The molecule has 0 amide bonds. The molecule has 0 radical (unpaired) electrons. The van der Waals surface area contributed by atoms with E-state index in [1.165, 1.54) is 10.8 Å². The molecule has 0 heterocycles. The summed E-state index contributed by atoms with van der Waals surface area (Å²) in [7, 11) is 2.54. The second kappa shape index (κ2) is 10.4. The Morgan fingerprint density at radius 1 is 1.31 bits per heavy atom. The van der Waals surface area contributed by atoms with Gasteiger partial charge < -0.3 is 20.1 Å². The summed E-state index contributed by atoms with van der Waals surface area (Å²) in [6.07, 6.45) is 0.844. The van der Waals surface area contributed by atoms with Crippen LogP contribution in [0.15, 0.2) is 0 Å². The van der Waals surface area contributed by atoms with E-state index in [2.05, 4.69) is 0 Å². The zero-order valence-corrected chi connectivity index (χ0v) is 10.8. The van der Waals surface area contributed by atoms with E-state index in [9.17, 15) is 9.90 Å². The normalized spacial score (nSPS) is 14.8. The van der Waals surface area contributed by atoms with Crippen molar-refractivity contribution >= 4 is 26.7 Å². The van der Waals surface area contributed by atoms with Crippen molar-refractivity contribution in [3.05, 3.63) is 0 Å². The Labute approximate surface area is 103 Å². The zero-order valence-electron chi connectivity index (χ0n) is 9.16. The second-order valence-corrected chi connectivity index (χ2v) is 5.64. The monoisotopic (exact) mass is 270 g/mol. The molecule has 0 aromatic rings. The summed E-state index contributed by atoms with van der Waals surface area (Å²) in [5, 5.41) is 26.9. The zero-order chi connectivity index (χ0) is 12.4. The molecule has 0 aromatic heterocycles. The van der Waals surface area contributed by atoms with Crippen LogP contribution < -0.4 is 0 Å². The summed E-state index contributed by atoms with van der Waals surface area (Å²) < 4.78 is 4.96. The largest absolute Gasteiger partial charge is 0.394 e. The molecule has 0 aliphatic heterocycles. The van der Waals surface area contributed by atoms with Crippen molar-refractivity contribution in [3.63, 3.8) is 0 Å². The average molecular weight is 270 g/mol. The molecule has 0 bridgehead atoms. The van der Waals surface area contributed by atoms with E-state index in [1.54, 1.807) is 0 Å². The molecule has 0 aliphatic rings. The number of hydrogen-bond donors (Lipinski definition) is 3. The second-order valence-electron chi connectivity index (χ2n) is 3.19. The van der Waals surface area contributed by atoms with Gasteiger partial charge in [-0.15, -0.1) is 0 Å². The lowest BCUT2D eigenvalue weighted by molar-refractivity contribution is -0.111. The molecule has 96 valence electrons. The summed E-state index contributed by atoms with van der Waals surface area (Å²) in [4.78, 5) is 11.1. The highest BCUT2D eigenvalue weighted by molar-refractivity contribution is 8.82. The maximum atomic E-state index is 11.1. The molecule has 5 nitrogen and oxygen atoms in total. The third-order valence-electron chi connectivity index (χ3n) is 1.69. The number of rotatable bonds is 9. The van der Waals surface area contributed by atoms with Gasteiger partial charge >= 0.3 is 0 Å². The molecular formula is C9H18O5S2. The van der Waals surface area contributed by atoms with Gasteiger partial charge in [-0.05, 0) is 23.5 Å². The van der Waals surface area contributed by atoms with E-state index in [-0.39, 0.29) is 24.9 Å². The van der Waals surface area contributed by atoms with Gasteiger partial charge in [0.05, 0.1) is 25.9 Å².